The summed E-state index contributed by atoms with van der Waals surface area (Å²) in [6, 6.07) is -1.90. The number of benzene rings is 1. The Labute approximate surface area is 176 Å². The number of ether oxygens (including phenoxy) is 1. The van der Waals surface area contributed by atoms with Gasteiger partial charge in [0, 0.05) is 12.1 Å². The maximum atomic E-state index is 13.7. The summed E-state index contributed by atoms with van der Waals surface area (Å²) in [5.41, 5.74) is 0. The number of rotatable bonds is 10. The van der Waals surface area contributed by atoms with Crippen molar-refractivity contribution in [1.82, 2.24) is 10.6 Å². The van der Waals surface area contributed by atoms with E-state index < -0.39 is 72.1 Å². The number of hydrogen-bond acceptors (Lipinski definition) is 5. The highest BCUT2D eigenvalue weighted by molar-refractivity contribution is 5.82. The molecule has 0 saturated heterocycles. The minimum absolute atomic E-state index is 0.00210. The first-order chi connectivity index (χ1) is 14.6. The molecule has 0 heterocycles. The molecule has 1 saturated carbocycles. The standard InChI is InChI=1S/C20H26F4N2O5/c1-10(25-11-5-3-2-4-6-11)20(30)26-14(8-16(28)29)15(27)9-31-19-17(23)12(21)7-13(22)18(19)24/h7,10-11,14-15,25,27H,2-6,8-9H2,1H3,(H,26,30)(H,28,29)/t10-,14-,15?/m0/s1. The van der Waals surface area contributed by atoms with Gasteiger partial charge >= 0.3 is 5.97 Å². The van der Waals surface area contributed by atoms with Crippen LogP contribution < -0.4 is 15.4 Å². The SMILES string of the molecule is C[C@H](NC1CCCCC1)C(=O)N[C@@H](CC(=O)O)C(O)COc1c(F)c(F)cc(F)c1F. The number of aliphatic hydroxyl groups is 1. The van der Waals surface area contributed by atoms with Crippen molar-refractivity contribution in [3.8, 4) is 5.75 Å². The van der Waals surface area contributed by atoms with Gasteiger partial charge in [0.05, 0.1) is 18.5 Å². The number of halogens is 4. The average molecular weight is 450 g/mol. The zero-order valence-corrected chi connectivity index (χ0v) is 17.0. The fourth-order valence-electron chi connectivity index (χ4n) is 3.44. The second-order valence-corrected chi connectivity index (χ2v) is 7.61. The summed E-state index contributed by atoms with van der Waals surface area (Å²) in [4.78, 5) is 23.6. The van der Waals surface area contributed by atoms with Crippen LogP contribution in [0.2, 0.25) is 0 Å². The first-order valence-corrected chi connectivity index (χ1v) is 10.0. The van der Waals surface area contributed by atoms with Crippen LogP contribution in [0.15, 0.2) is 6.07 Å². The molecule has 1 aromatic rings. The molecule has 1 fully saturated rings. The predicted molar refractivity (Wildman–Crippen MR) is 101 cm³/mol. The van der Waals surface area contributed by atoms with Crippen molar-refractivity contribution in [1.29, 1.82) is 0 Å². The molecular weight excluding hydrogens is 424 g/mol. The molecule has 3 atom stereocenters. The van der Waals surface area contributed by atoms with Crippen LogP contribution >= 0.6 is 0 Å². The summed E-state index contributed by atoms with van der Waals surface area (Å²) in [5.74, 6) is -10.3. The second kappa shape index (κ2) is 11.3. The summed E-state index contributed by atoms with van der Waals surface area (Å²) in [6.45, 7) is 0.671. The quantitative estimate of drug-likeness (QED) is 0.322. The van der Waals surface area contributed by atoms with Crippen molar-refractivity contribution in [3.63, 3.8) is 0 Å². The summed E-state index contributed by atoms with van der Waals surface area (Å²) in [5, 5.41) is 24.8. The monoisotopic (exact) mass is 450 g/mol. The molecule has 1 aromatic carbocycles. The lowest BCUT2D eigenvalue weighted by Gasteiger charge is -2.28. The number of amides is 1. The van der Waals surface area contributed by atoms with E-state index in [1.165, 1.54) is 0 Å². The molecule has 4 N–H and O–H groups in total. The normalized spacial score (nSPS) is 17.6. The van der Waals surface area contributed by atoms with E-state index >= 15 is 0 Å². The molecule has 1 aliphatic rings. The van der Waals surface area contributed by atoms with E-state index in [1.54, 1.807) is 6.92 Å². The minimum atomic E-state index is -1.80. The predicted octanol–water partition coefficient (Wildman–Crippen LogP) is 2.25. The summed E-state index contributed by atoms with van der Waals surface area (Å²) in [6.07, 6.45) is 2.58. The number of carbonyl (C=O) groups is 2. The third kappa shape index (κ3) is 7.06. The third-order valence-corrected chi connectivity index (χ3v) is 5.14. The Bertz CT molecular complexity index is 763. The van der Waals surface area contributed by atoms with Gasteiger partial charge in [-0.3, -0.25) is 9.59 Å². The number of aliphatic carboxylic acids is 1. The molecule has 1 unspecified atom stereocenters. The number of carbonyl (C=O) groups excluding carboxylic acids is 1. The van der Waals surface area contributed by atoms with E-state index in [4.69, 9.17) is 5.11 Å². The minimum Gasteiger partial charge on any atom is -0.485 e. The van der Waals surface area contributed by atoms with Gasteiger partial charge in [-0.05, 0) is 19.8 Å². The number of aliphatic hydroxyl groups excluding tert-OH is 1. The molecule has 0 radical (unpaired) electrons. The largest absolute Gasteiger partial charge is 0.485 e. The molecule has 0 bridgehead atoms. The van der Waals surface area contributed by atoms with Crippen LogP contribution in [0.4, 0.5) is 17.6 Å². The zero-order valence-electron chi connectivity index (χ0n) is 17.0. The van der Waals surface area contributed by atoms with Crippen LogP contribution in [-0.2, 0) is 9.59 Å². The smallest absolute Gasteiger partial charge is 0.305 e. The summed E-state index contributed by atoms with van der Waals surface area (Å²) >= 11 is 0. The Morgan fingerprint density at radius 3 is 2.26 bits per heavy atom. The van der Waals surface area contributed by atoms with Crippen LogP contribution in [0.3, 0.4) is 0 Å². The van der Waals surface area contributed by atoms with Crippen molar-refractivity contribution in [3.05, 3.63) is 29.3 Å². The lowest BCUT2D eigenvalue weighted by molar-refractivity contribution is -0.139. The Balaban J connectivity index is 2.01. The van der Waals surface area contributed by atoms with Crippen molar-refractivity contribution in [2.75, 3.05) is 6.61 Å². The van der Waals surface area contributed by atoms with E-state index in [9.17, 15) is 32.3 Å². The van der Waals surface area contributed by atoms with Gasteiger partial charge in [0.1, 0.15) is 12.7 Å². The van der Waals surface area contributed by atoms with Gasteiger partial charge in [-0.25, -0.2) is 8.78 Å². The Morgan fingerprint density at radius 1 is 1.13 bits per heavy atom. The Morgan fingerprint density at radius 2 is 1.71 bits per heavy atom. The van der Waals surface area contributed by atoms with Gasteiger partial charge in [0.15, 0.2) is 17.4 Å². The molecule has 2 rings (SSSR count). The zero-order chi connectivity index (χ0) is 23.1. The number of nitrogens with one attached hydrogen (secondary N) is 2. The van der Waals surface area contributed by atoms with E-state index in [0.717, 1.165) is 32.1 Å². The first kappa shape index (κ1) is 24.9. The fourth-order valence-corrected chi connectivity index (χ4v) is 3.44. The van der Waals surface area contributed by atoms with Crippen LogP contribution in [0.5, 0.6) is 5.75 Å². The molecule has 31 heavy (non-hydrogen) atoms. The Hall–Kier alpha value is -2.40. The van der Waals surface area contributed by atoms with Gasteiger partial charge < -0.3 is 25.6 Å². The number of carboxylic acid groups (broad SMARTS) is 1. The topological polar surface area (TPSA) is 108 Å². The van der Waals surface area contributed by atoms with Gasteiger partial charge in [-0.2, -0.15) is 8.78 Å². The van der Waals surface area contributed by atoms with Gasteiger partial charge in [-0.15, -0.1) is 0 Å². The molecule has 0 aliphatic heterocycles. The lowest BCUT2D eigenvalue weighted by atomic mass is 9.95. The molecule has 11 heteroatoms. The van der Waals surface area contributed by atoms with Crippen molar-refractivity contribution >= 4 is 11.9 Å². The van der Waals surface area contributed by atoms with Crippen LogP contribution in [0.1, 0.15) is 45.4 Å². The maximum absolute atomic E-state index is 13.7. The molecule has 174 valence electrons. The first-order valence-electron chi connectivity index (χ1n) is 10.0. The highest BCUT2D eigenvalue weighted by Gasteiger charge is 2.29. The lowest BCUT2D eigenvalue weighted by Crippen LogP contribution is -2.54. The highest BCUT2D eigenvalue weighted by atomic mass is 19.2. The Kier molecular flexibility index (Phi) is 9.05. The van der Waals surface area contributed by atoms with Crippen LogP contribution in [0.25, 0.3) is 0 Å². The van der Waals surface area contributed by atoms with Crippen molar-refractivity contribution < 1.29 is 42.1 Å². The van der Waals surface area contributed by atoms with E-state index in [-0.39, 0.29) is 12.1 Å². The third-order valence-electron chi connectivity index (χ3n) is 5.14. The molecular formula is C20H26F4N2O5. The van der Waals surface area contributed by atoms with Gasteiger partial charge in [-0.1, -0.05) is 19.3 Å². The average Bonchev–Trinajstić information content (AvgIpc) is 2.72. The van der Waals surface area contributed by atoms with E-state index in [0.29, 0.717) is 0 Å². The van der Waals surface area contributed by atoms with Crippen molar-refractivity contribution in [2.24, 2.45) is 0 Å². The fraction of sp³-hybridized carbons (Fsp3) is 0.600. The molecule has 1 amide bonds. The van der Waals surface area contributed by atoms with Crippen LogP contribution in [0, 0.1) is 23.3 Å². The van der Waals surface area contributed by atoms with E-state index in [2.05, 4.69) is 15.4 Å². The molecule has 0 spiro atoms. The number of carboxylic acids is 1. The second-order valence-electron chi connectivity index (χ2n) is 7.61. The number of hydrogen-bond donors (Lipinski definition) is 4. The molecule has 0 aromatic heterocycles. The molecule has 7 nitrogen and oxygen atoms in total. The highest BCUT2D eigenvalue weighted by Crippen LogP contribution is 2.26. The summed E-state index contributed by atoms with van der Waals surface area (Å²) in [7, 11) is 0. The van der Waals surface area contributed by atoms with Crippen molar-refractivity contribution in [2.45, 2.75) is 69.7 Å². The van der Waals surface area contributed by atoms with Gasteiger partial charge in [0.2, 0.25) is 17.5 Å². The van der Waals surface area contributed by atoms with E-state index in [1.807, 2.05) is 0 Å². The maximum Gasteiger partial charge on any atom is 0.305 e. The summed E-state index contributed by atoms with van der Waals surface area (Å²) < 4.78 is 58.6. The van der Waals surface area contributed by atoms with Gasteiger partial charge in [0.25, 0.3) is 0 Å². The van der Waals surface area contributed by atoms with Crippen LogP contribution in [-0.4, -0.2) is 52.9 Å². The molecule has 1 aliphatic carbocycles.